The van der Waals surface area contributed by atoms with Crippen LogP contribution in [0.5, 0.6) is 0 Å². The lowest BCUT2D eigenvalue weighted by atomic mass is 10.1. The van der Waals surface area contributed by atoms with Crippen molar-refractivity contribution in [3.63, 3.8) is 0 Å². The summed E-state index contributed by atoms with van der Waals surface area (Å²) < 4.78 is 10.4. The van der Waals surface area contributed by atoms with Gasteiger partial charge in [-0.1, -0.05) is 12.1 Å². The molecule has 5 heteroatoms. The summed E-state index contributed by atoms with van der Waals surface area (Å²) in [5.74, 6) is -0.0186. The van der Waals surface area contributed by atoms with Crippen molar-refractivity contribution < 1.29 is 14.3 Å². The maximum atomic E-state index is 12.1. The molecule has 1 aromatic rings. The molecule has 1 aliphatic rings. The summed E-state index contributed by atoms with van der Waals surface area (Å²) in [7, 11) is 1.65. The molecular weight excluding hydrogens is 268 g/mol. The predicted octanol–water partition coefficient (Wildman–Crippen LogP) is 1.29. The van der Waals surface area contributed by atoms with E-state index in [1.54, 1.807) is 7.11 Å². The lowest BCUT2D eigenvalue weighted by molar-refractivity contribution is 0.0374. The van der Waals surface area contributed by atoms with Gasteiger partial charge in [0.05, 0.1) is 19.8 Å². The van der Waals surface area contributed by atoms with Gasteiger partial charge >= 0.3 is 0 Å². The van der Waals surface area contributed by atoms with Gasteiger partial charge in [-0.15, -0.1) is 0 Å². The Labute approximate surface area is 126 Å². The number of methoxy groups -OCH3 is 1. The monoisotopic (exact) mass is 292 g/mol. The largest absolute Gasteiger partial charge is 0.380 e. The minimum atomic E-state index is -0.0186. The normalized spacial score (nSPS) is 15.9. The highest BCUT2D eigenvalue weighted by atomic mass is 16.5. The maximum absolute atomic E-state index is 12.1. The van der Waals surface area contributed by atoms with Gasteiger partial charge in [0, 0.05) is 32.3 Å². The Balaban J connectivity index is 1.70. The maximum Gasteiger partial charge on any atom is 0.251 e. The highest BCUT2D eigenvalue weighted by molar-refractivity contribution is 5.94. The smallest absolute Gasteiger partial charge is 0.251 e. The molecule has 5 nitrogen and oxygen atoms in total. The Bertz CT molecular complexity index is 445. The first-order valence-electron chi connectivity index (χ1n) is 7.46. The van der Waals surface area contributed by atoms with E-state index in [0.717, 1.165) is 44.8 Å². The molecule has 0 saturated carbocycles. The van der Waals surface area contributed by atoms with Crippen LogP contribution >= 0.6 is 0 Å². The van der Waals surface area contributed by atoms with Crippen LogP contribution in [-0.2, 0) is 16.1 Å². The van der Waals surface area contributed by atoms with E-state index in [4.69, 9.17) is 9.47 Å². The number of hydrogen-bond donors (Lipinski definition) is 1. The van der Waals surface area contributed by atoms with E-state index in [1.807, 2.05) is 24.3 Å². The number of carbonyl (C=O) groups excluding carboxylic acids is 1. The third-order valence-corrected chi connectivity index (χ3v) is 3.54. The SMILES string of the molecule is COCc1cccc(C(=O)NCCCN2CCOCC2)c1. The van der Waals surface area contributed by atoms with Crippen molar-refractivity contribution >= 4 is 5.91 Å². The number of ether oxygens (including phenoxy) is 2. The Hall–Kier alpha value is -1.43. The van der Waals surface area contributed by atoms with Gasteiger partial charge in [-0.2, -0.15) is 0 Å². The molecule has 1 aliphatic heterocycles. The number of amides is 1. The quantitative estimate of drug-likeness (QED) is 0.769. The third-order valence-electron chi connectivity index (χ3n) is 3.54. The number of benzene rings is 1. The molecule has 0 unspecified atom stereocenters. The van der Waals surface area contributed by atoms with Crippen LogP contribution in [0.4, 0.5) is 0 Å². The fourth-order valence-electron chi connectivity index (χ4n) is 2.40. The Morgan fingerprint density at radius 3 is 2.95 bits per heavy atom. The van der Waals surface area contributed by atoms with Gasteiger partial charge in [0.2, 0.25) is 0 Å². The Morgan fingerprint density at radius 1 is 1.38 bits per heavy atom. The van der Waals surface area contributed by atoms with Crippen molar-refractivity contribution in [2.45, 2.75) is 13.0 Å². The fraction of sp³-hybridized carbons (Fsp3) is 0.562. The zero-order chi connectivity index (χ0) is 14.9. The molecule has 116 valence electrons. The van der Waals surface area contributed by atoms with Crippen molar-refractivity contribution in [1.82, 2.24) is 10.2 Å². The first-order chi connectivity index (χ1) is 10.3. The van der Waals surface area contributed by atoms with E-state index >= 15 is 0 Å². The predicted molar refractivity (Wildman–Crippen MR) is 81.4 cm³/mol. The third kappa shape index (κ3) is 5.46. The summed E-state index contributed by atoms with van der Waals surface area (Å²) in [6.07, 6.45) is 0.962. The van der Waals surface area contributed by atoms with Gasteiger partial charge in [-0.05, 0) is 30.7 Å². The molecule has 1 amide bonds. The number of nitrogens with zero attached hydrogens (tertiary/aromatic N) is 1. The average Bonchev–Trinajstić information content (AvgIpc) is 2.53. The molecule has 0 aliphatic carbocycles. The van der Waals surface area contributed by atoms with Crippen LogP contribution in [0.3, 0.4) is 0 Å². The number of morpholine rings is 1. The second-order valence-electron chi connectivity index (χ2n) is 5.20. The molecule has 0 aromatic heterocycles. The molecule has 0 spiro atoms. The van der Waals surface area contributed by atoms with Crippen LogP contribution in [0.25, 0.3) is 0 Å². The van der Waals surface area contributed by atoms with Gasteiger partial charge in [0.15, 0.2) is 0 Å². The highest BCUT2D eigenvalue weighted by Crippen LogP contribution is 2.06. The summed E-state index contributed by atoms with van der Waals surface area (Å²) in [4.78, 5) is 14.4. The molecule has 1 heterocycles. The van der Waals surface area contributed by atoms with Gasteiger partial charge < -0.3 is 14.8 Å². The van der Waals surface area contributed by atoms with Crippen molar-refractivity contribution in [3.8, 4) is 0 Å². The summed E-state index contributed by atoms with van der Waals surface area (Å²) in [6, 6.07) is 7.55. The van der Waals surface area contributed by atoms with Crippen molar-refractivity contribution in [2.75, 3.05) is 46.5 Å². The van der Waals surface area contributed by atoms with E-state index in [9.17, 15) is 4.79 Å². The number of nitrogens with one attached hydrogen (secondary N) is 1. The first-order valence-corrected chi connectivity index (χ1v) is 7.46. The summed E-state index contributed by atoms with van der Waals surface area (Å²) in [5, 5.41) is 2.97. The highest BCUT2D eigenvalue weighted by Gasteiger charge is 2.10. The molecule has 0 atom stereocenters. The number of rotatable bonds is 7. The topological polar surface area (TPSA) is 50.8 Å². The van der Waals surface area contributed by atoms with Gasteiger partial charge in [0.1, 0.15) is 0 Å². The molecule has 0 bridgehead atoms. The molecule has 1 fully saturated rings. The fourth-order valence-corrected chi connectivity index (χ4v) is 2.40. The van der Waals surface area contributed by atoms with Crippen LogP contribution in [0.15, 0.2) is 24.3 Å². The van der Waals surface area contributed by atoms with E-state index in [2.05, 4.69) is 10.2 Å². The van der Waals surface area contributed by atoms with Crippen LogP contribution in [-0.4, -0.2) is 57.3 Å². The molecular formula is C16H24N2O3. The Kier molecular flexibility index (Phi) is 6.66. The average molecular weight is 292 g/mol. The molecule has 1 N–H and O–H groups in total. The summed E-state index contributed by atoms with van der Waals surface area (Å²) in [5.41, 5.74) is 1.70. The summed E-state index contributed by atoms with van der Waals surface area (Å²) >= 11 is 0. The lowest BCUT2D eigenvalue weighted by Gasteiger charge is -2.26. The van der Waals surface area contributed by atoms with Crippen LogP contribution in [0.1, 0.15) is 22.3 Å². The van der Waals surface area contributed by atoms with Gasteiger partial charge in [-0.3, -0.25) is 9.69 Å². The lowest BCUT2D eigenvalue weighted by Crippen LogP contribution is -2.38. The van der Waals surface area contributed by atoms with Crippen LogP contribution in [0.2, 0.25) is 0 Å². The number of carbonyl (C=O) groups is 1. The van der Waals surface area contributed by atoms with Crippen molar-refractivity contribution in [3.05, 3.63) is 35.4 Å². The number of hydrogen-bond acceptors (Lipinski definition) is 4. The van der Waals surface area contributed by atoms with Crippen molar-refractivity contribution in [2.24, 2.45) is 0 Å². The standard InChI is InChI=1S/C16H24N2O3/c1-20-13-14-4-2-5-15(12-14)16(19)17-6-3-7-18-8-10-21-11-9-18/h2,4-5,12H,3,6-11,13H2,1H3,(H,17,19). The minimum absolute atomic E-state index is 0.0186. The van der Waals surface area contributed by atoms with E-state index in [-0.39, 0.29) is 5.91 Å². The zero-order valence-corrected chi connectivity index (χ0v) is 12.6. The van der Waals surface area contributed by atoms with Crippen LogP contribution in [0, 0.1) is 0 Å². The van der Waals surface area contributed by atoms with E-state index in [0.29, 0.717) is 18.7 Å². The van der Waals surface area contributed by atoms with Gasteiger partial charge in [-0.25, -0.2) is 0 Å². The molecule has 21 heavy (non-hydrogen) atoms. The first kappa shape index (κ1) is 15.9. The molecule has 1 saturated heterocycles. The van der Waals surface area contributed by atoms with E-state index < -0.39 is 0 Å². The minimum Gasteiger partial charge on any atom is -0.380 e. The second kappa shape index (κ2) is 8.77. The van der Waals surface area contributed by atoms with E-state index in [1.165, 1.54) is 0 Å². The summed E-state index contributed by atoms with van der Waals surface area (Å²) in [6.45, 7) is 5.85. The molecule has 1 aromatic carbocycles. The van der Waals surface area contributed by atoms with Crippen LogP contribution < -0.4 is 5.32 Å². The Morgan fingerprint density at radius 2 is 2.19 bits per heavy atom. The second-order valence-corrected chi connectivity index (χ2v) is 5.20. The van der Waals surface area contributed by atoms with Gasteiger partial charge in [0.25, 0.3) is 5.91 Å². The van der Waals surface area contributed by atoms with Crippen molar-refractivity contribution in [1.29, 1.82) is 0 Å². The zero-order valence-electron chi connectivity index (χ0n) is 12.6. The molecule has 0 radical (unpaired) electrons. The molecule has 2 rings (SSSR count).